The second kappa shape index (κ2) is 61.8. The summed E-state index contributed by atoms with van der Waals surface area (Å²) < 4.78 is 4.10. The maximum Gasteiger partial charge on any atom is 0.241 e. The van der Waals surface area contributed by atoms with Gasteiger partial charge in [-0.1, -0.05) is 65.7 Å². The largest absolute Gasteiger partial charge is 0.295 e. The first-order valence-electron chi connectivity index (χ1n) is 43.2. The molecule has 1 aromatic carbocycles. The van der Waals surface area contributed by atoms with E-state index < -0.39 is 0 Å². The number of hydrogen-bond donors (Lipinski definition) is 0. The van der Waals surface area contributed by atoms with E-state index >= 15 is 0 Å². The molecule has 18 nitrogen and oxygen atoms in total. The highest BCUT2D eigenvalue weighted by Crippen LogP contribution is 2.35. The number of Topliss-reactive ketones (excluding diaryl/α,β-unsaturated/α-hetero) is 16. The number of halogens is 6. The summed E-state index contributed by atoms with van der Waals surface area (Å²) >= 11 is 43.1. The lowest BCUT2D eigenvalue weighted by Crippen LogP contribution is -2.04. The standard InChI is InChI=1S/C15H14O2S.C14H11NO2S2.C14H14O2S2.C13H8BrNO2S2.C13H11ClO2S2.2C12H8Br2O2S2.C12H10O2S2/c1-11-4-6-12(7-5-11)13(16)8-9-14(17)15-3-2-10-18-15;1-9-3-6-12(18-9)10(16)4-5-11(17)13-7-8-14(15-2)19-13;1-9-5-7-17-13(9)11(15)3-4-12(16)14-10(2)6-8-18-14;1-15-9-5-7-19-13(9)11(17)3-2-10(16)12-8(14)4-6-18-12;1-8-4-12(17-6-8)10(15)2-3-11(16)13-5-9(14)7-18-13;13-7-3-5-17-11(7)9(15)1-2-10(16)12-8(14)4-6-18-12;13-7-5-11(18-6-7)9(15)1-2-10(16)12-8(14)3-4-17-12;13-9(11-3-1-7-15-11)5-6-10(14)12-4-2-8-16-12/h2-7,10H,8-9H2,1H3;3,6-8H,4-5H2,1H3;5-8H,3-4H2,1-2H3;4-7H,2-3H2;4-7H,2-3H2,1H3;2*3-6H,1-2H2;1-4,7-8H,5-6H2. The summed E-state index contributed by atoms with van der Waals surface area (Å²) in [5, 5.41) is 25.2. The molecule has 0 saturated carbocycles. The lowest BCUT2D eigenvalue weighted by atomic mass is 10.0. The molecule has 15 heterocycles. The van der Waals surface area contributed by atoms with E-state index in [1.807, 2.05) is 185 Å². The summed E-state index contributed by atoms with van der Waals surface area (Å²) in [5.74, 6) is 0.162. The van der Waals surface area contributed by atoms with Crippen LogP contribution in [0.5, 0.6) is 0 Å². The fourth-order valence-electron chi connectivity index (χ4n) is 12.3. The van der Waals surface area contributed by atoms with E-state index in [1.54, 1.807) is 65.4 Å². The molecule has 0 radical (unpaired) electrons. The van der Waals surface area contributed by atoms with Crippen LogP contribution in [0.4, 0.5) is 10.7 Å². The van der Waals surface area contributed by atoms with Crippen LogP contribution in [-0.2, 0) is 0 Å². The van der Waals surface area contributed by atoms with Crippen molar-refractivity contribution in [3.05, 3.63) is 372 Å². The Morgan fingerprint density at radius 3 is 0.875 bits per heavy atom. The second-order valence-electron chi connectivity index (χ2n) is 30.5. The molecule has 0 aliphatic rings. The highest BCUT2D eigenvalue weighted by atomic mass is 79.9. The summed E-state index contributed by atoms with van der Waals surface area (Å²) in [6, 6.07) is 43.5. The van der Waals surface area contributed by atoms with Crippen LogP contribution < -0.4 is 0 Å². The van der Waals surface area contributed by atoms with Gasteiger partial charge >= 0.3 is 0 Å². The van der Waals surface area contributed by atoms with Crippen molar-refractivity contribution in [2.45, 2.75) is 137 Å². The van der Waals surface area contributed by atoms with Crippen molar-refractivity contribution in [1.82, 2.24) is 0 Å². The molecule has 144 heavy (non-hydrogen) atoms. The molecule has 742 valence electrons. The Morgan fingerprint density at radius 1 is 0.257 bits per heavy atom. The van der Waals surface area contributed by atoms with Crippen molar-refractivity contribution in [3.63, 3.8) is 0 Å². The molecule has 0 unspecified atom stereocenters. The highest BCUT2D eigenvalue weighted by molar-refractivity contribution is 9.11. The molecule has 39 heteroatoms. The molecule has 0 N–H and O–H groups in total. The molecule has 15 aromatic heterocycles. The van der Waals surface area contributed by atoms with Gasteiger partial charge in [-0.2, -0.15) is 22.7 Å². The summed E-state index contributed by atoms with van der Waals surface area (Å²) in [5.41, 5.74) is 5.27. The third-order valence-corrected chi connectivity index (χ3v) is 39.3. The molecular weight excluding hydrogens is 2460 g/mol. The smallest absolute Gasteiger partial charge is 0.241 e. The van der Waals surface area contributed by atoms with Crippen LogP contribution in [0.1, 0.15) is 285 Å². The monoisotopic (exact) mass is 2540 g/mol. The van der Waals surface area contributed by atoms with Gasteiger partial charge in [0.05, 0.1) is 91.3 Å². The molecule has 0 amide bonds. The fraction of sp³-hybridized carbons (Fsp3) is 0.200. The van der Waals surface area contributed by atoms with Gasteiger partial charge in [0.2, 0.25) is 10.7 Å². The van der Waals surface area contributed by atoms with Crippen LogP contribution in [0.15, 0.2) is 238 Å². The number of thiophene rings is 15. The Kier molecular flexibility index (Phi) is 50.9. The molecule has 0 atom stereocenters. The molecule has 0 fully saturated rings. The van der Waals surface area contributed by atoms with Gasteiger partial charge in [-0.05, 0) is 287 Å². The van der Waals surface area contributed by atoms with Crippen LogP contribution >= 0.6 is 261 Å². The van der Waals surface area contributed by atoms with E-state index in [4.69, 9.17) is 24.7 Å². The summed E-state index contributed by atoms with van der Waals surface area (Å²) in [7, 11) is 0. The predicted molar refractivity (Wildman–Crippen MR) is 614 cm³/mol. The zero-order valence-electron chi connectivity index (χ0n) is 77.0. The summed E-state index contributed by atoms with van der Waals surface area (Å²) in [6.45, 7) is 23.5. The van der Waals surface area contributed by atoms with Crippen molar-refractivity contribution < 1.29 is 76.7 Å². The highest BCUT2D eigenvalue weighted by Gasteiger charge is 2.24. The Morgan fingerprint density at radius 2 is 0.569 bits per heavy atom. The lowest BCUT2D eigenvalue weighted by Gasteiger charge is -2.01. The normalized spacial score (nSPS) is 10.4. The van der Waals surface area contributed by atoms with E-state index in [1.165, 1.54) is 170 Å². The van der Waals surface area contributed by atoms with Crippen molar-refractivity contribution in [3.8, 4) is 0 Å². The maximum absolute atomic E-state index is 12.0. The minimum absolute atomic E-state index is 0.00779. The van der Waals surface area contributed by atoms with E-state index in [9.17, 15) is 76.7 Å². The number of hydrogen-bond acceptors (Lipinski definition) is 31. The van der Waals surface area contributed by atoms with Crippen LogP contribution in [0.25, 0.3) is 9.69 Å². The minimum Gasteiger partial charge on any atom is -0.295 e. The van der Waals surface area contributed by atoms with Gasteiger partial charge in [0, 0.05) is 146 Å². The third-order valence-electron chi connectivity index (χ3n) is 19.8. The first-order chi connectivity index (χ1) is 69.0. The number of carbonyl (C=O) groups is 16. The van der Waals surface area contributed by atoms with E-state index in [-0.39, 0.29) is 170 Å². The number of nitrogens with zero attached hydrogens (tertiary/aromatic N) is 2. The number of rotatable bonds is 40. The summed E-state index contributed by atoms with van der Waals surface area (Å²) in [6.07, 6.45) is 4.04. The molecule has 0 aliphatic carbocycles. The van der Waals surface area contributed by atoms with Gasteiger partial charge < -0.3 is 0 Å². The fourth-order valence-corrected chi connectivity index (χ4v) is 28.1. The van der Waals surface area contributed by atoms with Gasteiger partial charge in [-0.25, -0.2) is 9.69 Å². The third kappa shape index (κ3) is 38.7. The summed E-state index contributed by atoms with van der Waals surface area (Å²) in [4.78, 5) is 207. The number of carbonyl (C=O) groups excluding carboxylic acids is 16. The molecular formula is C105H84Br5ClN2O16S15. The van der Waals surface area contributed by atoms with Gasteiger partial charge in [0.25, 0.3) is 0 Å². The predicted octanol–water partition coefficient (Wildman–Crippen LogP) is 36.3. The van der Waals surface area contributed by atoms with Gasteiger partial charge in [0.15, 0.2) is 92.5 Å². The average molecular weight is 2550 g/mol. The van der Waals surface area contributed by atoms with Crippen molar-refractivity contribution in [1.29, 1.82) is 0 Å². The van der Waals surface area contributed by atoms with Crippen LogP contribution in [-0.4, -0.2) is 92.5 Å². The zero-order valence-corrected chi connectivity index (χ0v) is 97.9. The Hall–Kier alpha value is -8.89. The van der Waals surface area contributed by atoms with Crippen molar-refractivity contribution in [2.24, 2.45) is 0 Å². The molecule has 16 aromatic rings. The Labute approximate surface area is 939 Å². The zero-order chi connectivity index (χ0) is 104. The molecule has 0 saturated heterocycles. The molecule has 0 spiro atoms. The maximum atomic E-state index is 12.0. The van der Waals surface area contributed by atoms with E-state index in [0.717, 1.165) is 78.8 Å². The van der Waals surface area contributed by atoms with Crippen LogP contribution in [0.3, 0.4) is 0 Å². The lowest BCUT2D eigenvalue weighted by molar-refractivity contribution is 0.0919. The molecule has 0 aliphatic heterocycles. The average Bonchev–Trinajstić information content (AvgIpc) is 1.66. The van der Waals surface area contributed by atoms with Crippen molar-refractivity contribution in [2.75, 3.05) is 0 Å². The van der Waals surface area contributed by atoms with Crippen molar-refractivity contribution >= 4 is 365 Å². The molecule has 0 bridgehead atoms. The van der Waals surface area contributed by atoms with E-state index in [2.05, 4.69) is 89.3 Å². The van der Waals surface area contributed by atoms with Gasteiger partial charge in [-0.3, -0.25) is 76.7 Å². The number of aryl methyl sites for hydroxylation is 5. The number of benzene rings is 1. The topological polar surface area (TPSA) is 282 Å². The first-order valence-corrected chi connectivity index (χ1v) is 60.6. The van der Waals surface area contributed by atoms with Crippen LogP contribution in [0, 0.1) is 47.8 Å². The molecule has 16 rings (SSSR count). The van der Waals surface area contributed by atoms with Gasteiger partial charge in [0.1, 0.15) is 0 Å². The van der Waals surface area contributed by atoms with Crippen LogP contribution in [0.2, 0.25) is 5.02 Å². The quantitative estimate of drug-likeness (QED) is 0.0255. The SMILES string of the molecule is Cc1ccc(C(=O)CCC(=O)c2cccs2)cc1.Cc1ccsc1C(=O)CCC(=O)c1sccc1C.Cc1csc(C(=O)CCC(=O)c2cc(Cl)cs2)c1.O=C(CCC(=O)c1cccs1)c1cccs1.O=C(CCC(=O)c1sccc1Br)c1cc(Br)cs1.O=C(CCC(=O)c1sccc1Br)c1sccc1Br.[C-]#[N+]c1ccc(C(=O)CCC(=O)c2ccc(C)s2)s1.[C-]#[N+]c1ccsc1C(=O)CCC(=O)c1sccc1Br. The number of ketones is 16. The Balaban J connectivity index is 0.000000183. The minimum atomic E-state index is -0.137. The second-order valence-corrected chi connectivity index (χ2v) is 49.6. The Bertz CT molecular complexity index is 6920. The first kappa shape index (κ1) is 119. The van der Waals surface area contributed by atoms with Gasteiger partial charge in [-0.15, -0.1) is 147 Å². The van der Waals surface area contributed by atoms with E-state index in [0.29, 0.717) is 90.9 Å².